The Morgan fingerprint density at radius 3 is 2.27 bits per heavy atom. The van der Waals surface area contributed by atoms with E-state index in [2.05, 4.69) is 10.6 Å². The van der Waals surface area contributed by atoms with Crippen LogP contribution >= 0.6 is 11.6 Å². The number of carbonyl (C=O) groups is 2. The molecule has 0 bridgehead atoms. The molecular formula is C29H31ClN4O5S. The van der Waals surface area contributed by atoms with Crippen molar-refractivity contribution >= 4 is 61.8 Å². The molecule has 9 nitrogen and oxygen atoms in total. The molecule has 0 spiro atoms. The van der Waals surface area contributed by atoms with Crippen molar-refractivity contribution in [1.29, 1.82) is 0 Å². The molecule has 0 saturated heterocycles. The van der Waals surface area contributed by atoms with Crippen molar-refractivity contribution in [2.24, 2.45) is 0 Å². The normalized spacial score (nSPS) is 14.1. The number of anilines is 3. The fourth-order valence-corrected chi connectivity index (χ4v) is 5.65. The molecule has 210 valence electrons. The molecule has 1 aliphatic rings. The molecule has 1 aliphatic heterocycles. The number of nitrogens with zero attached hydrogens (tertiary/aromatic N) is 2. The van der Waals surface area contributed by atoms with E-state index in [1.165, 1.54) is 10.6 Å². The second kappa shape index (κ2) is 12.1. The molecule has 11 heteroatoms. The summed E-state index contributed by atoms with van der Waals surface area (Å²) >= 11 is 6.14. The third-order valence-electron chi connectivity index (χ3n) is 6.37. The van der Waals surface area contributed by atoms with E-state index in [9.17, 15) is 18.0 Å². The van der Waals surface area contributed by atoms with E-state index in [4.69, 9.17) is 16.7 Å². The predicted molar refractivity (Wildman–Crippen MR) is 160 cm³/mol. The molecule has 0 aromatic heterocycles. The molecular weight excluding hydrogens is 552 g/mol. The maximum Gasteiger partial charge on any atom is 0.307 e. The summed E-state index contributed by atoms with van der Waals surface area (Å²) in [5, 5.41) is 15.8. The Balaban J connectivity index is 1.71. The number of hydrogen-bond acceptors (Lipinski definition) is 6. The summed E-state index contributed by atoms with van der Waals surface area (Å²) in [5.74, 6) is -1.24. The van der Waals surface area contributed by atoms with Crippen LogP contribution in [-0.2, 0) is 26.0 Å². The van der Waals surface area contributed by atoms with Gasteiger partial charge in [0.05, 0.1) is 35.3 Å². The Morgan fingerprint density at radius 1 is 1.00 bits per heavy atom. The molecule has 3 aromatic rings. The van der Waals surface area contributed by atoms with Crippen molar-refractivity contribution in [3.05, 3.63) is 88.4 Å². The average Bonchev–Trinajstić information content (AvgIpc) is 3.19. The first kappa shape index (κ1) is 29.1. The van der Waals surface area contributed by atoms with Gasteiger partial charge in [-0.15, -0.1) is 0 Å². The quantitative estimate of drug-likeness (QED) is 0.282. The fourth-order valence-electron chi connectivity index (χ4n) is 4.51. The predicted octanol–water partition coefficient (Wildman–Crippen LogP) is 4.62. The lowest BCUT2D eigenvalue weighted by molar-refractivity contribution is -0.136. The highest BCUT2D eigenvalue weighted by atomic mass is 35.5. The van der Waals surface area contributed by atoms with Crippen LogP contribution in [0.15, 0.2) is 66.7 Å². The van der Waals surface area contributed by atoms with Crippen LogP contribution in [0.3, 0.4) is 0 Å². The van der Waals surface area contributed by atoms with E-state index in [0.717, 1.165) is 6.54 Å². The van der Waals surface area contributed by atoms with Crippen LogP contribution in [-0.4, -0.2) is 63.7 Å². The molecule has 0 fully saturated rings. The number of fused-ring (bicyclic) bond motifs is 1. The van der Waals surface area contributed by atoms with E-state index in [1.54, 1.807) is 66.7 Å². The maximum atomic E-state index is 13.2. The van der Waals surface area contributed by atoms with Crippen LogP contribution in [0.25, 0.3) is 11.3 Å². The fraction of sp³-hybridized carbons (Fsp3) is 0.241. The molecule has 0 unspecified atom stereocenters. The zero-order valence-electron chi connectivity index (χ0n) is 22.4. The van der Waals surface area contributed by atoms with Crippen molar-refractivity contribution in [1.82, 2.24) is 4.90 Å². The molecule has 3 aromatic carbocycles. The summed E-state index contributed by atoms with van der Waals surface area (Å²) in [4.78, 5) is 26.3. The van der Waals surface area contributed by atoms with E-state index in [0.29, 0.717) is 63.0 Å². The number of rotatable bonds is 11. The molecule has 1 amide bonds. The van der Waals surface area contributed by atoms with Gasteiger partial charge >= 0.3 is 5.97 Å². The minimum Gasteiger partial charge on any atom is -0.481 e. The Morgan fingerprint density at radius 2 is 1.68 bits per heavy atom. The van der Waals surface area contributed by atoms with Crippen molar-refractivity contribution < 1.29 is 23.1 Å². The number of carboxylic acids is 1. The van der Waals surface area contributed by atoms with Gasteiger partial charge in [0.25, 0.3) is 5.91 Å². The topological polar surface area (TPSA) is 119 Å². The number of nitrogens with one attached hydrogen (secondary N) is 2. The first-order chi connectivity index (χ1) is 18.9. The largest absolute Gasteiger partial charge is 0.481 e. The van der Waals surface area contributed by atoms with Gasteiger partial charge in [0.1, 0.15) is 0 Å². The van der Waals surface area contributed by atoms with Crippen LogP contribution < -0.4 is 14.9 Å². The lowest BCUT2D eigenvalue weighted by Gasteiger charge is -2.24. The van der Waals surface area contributed by atoms with Crippen LogP contribution in [0.1, 0.15) is 23.1 Å². The van der Waals surface area contributed by atoms with Crippen LogP contribution in [0.5, 0.6) is 0 Å². The number of sulfonamides is 1. The zero-order valence-corrected chi connectivity index (χ0v) is 24.0. The first-order valence-electron chi connectivity index (χ1n) is 12.6. The van der Waals surface area contributed by atoms with Crippen molar-refractivity contribution in [3.8, 4) is 0 Å². The standard InChI is InChI=1S/C29H31ClN4O5S/c1-33(2)15-4-16-34(40(3,38)39)23-12-10-22(11-13-23)31-28(20-7-5-19(6-8-20)17-26(35)36)27-24-14-9-21(30)18-25(24)32-29(27)37/h5-14,18,31H,4,15-17H2,1-3H3,(H,32,37)(H,35,36). The zero-order chi connectivity index (χ0) is 29.0. The van der Waals surface area contributed by atoms with Gasteiger partial charge in [-0.3, -0.25) is 13.9 Å². The number of aliphatic carboxylic acids is 1. The van der Waals surface area contributed by atoms with Crippen molar-refractivity contribution in [2.75, 3.05) is 48.4 Å². The molecule has 0 radical (unpaired) electrons. The van der Waals surface area contributed by atoms with Crippen LogP contribution in [0.2, 0.25) is 5.02 Å². The summed E-state index contributed by atoms with van der Waals surface area (Å²) < 4.78 is 26.4. The number of hydrogen-bond donors (Lipinski definition) is 3. The van der Waals surface area contributed by atoms with Gasteiger partial charge in [-0.1, -0.05) is 41.9 Å². The molecule has 4 rings (SSSR count). The maximum absolute atomic E-state index is 13.2. The lowest BCUT2D eigenvalue weighted by atomic mass is 9.98. The summed E-state index contributed by atoms with van der Waals surface area (Å²) in [5.41, 5.74) is 4.66. The summed E-state index contributed by atoms with van der Waals surface area (Å²) in [7, 11) is 0.393. The average molecular weight is 583 g/mol. The summed E-state index contributed by atoms with van der Waals surface area (Å²) in [6, 6.07) is 19.1. The first-order valence-corrected chi connectivity index (χ1v) is 14.8. The van der Waals surface area contributed by atoms with Gasteiger partial charge in [0, 0.05) is 22.8 Å². The molecule has 0 saturated carbocycles. The number of amides is 1. The third-order valence-corrected chi connectivity index (χ3v) is 7.79. The van der Waals surface area contributed by atoms with Crippen LogP contribution in [0.4, 0.5) is 17.1 Å². The number of carbonyl (C=O) groups excluding carboxylic acids is 1. The Hall–Kier alpha value is -3.86. The minimum atomic E-state index is -3.49. The monoisotopic (exact) mass is 582 g/mol. The number of carboxylic acid groups (broad SMARTS) is 1. The summed E-state index contributed by atoms with van der Waals surface area (Å²) in [6.45, 7) is 1.10. The van der Waals surface area contributed by atoms with Gasteiger partial charge in [0.15, 0.2) is 0 Å². The Labute approximate surface area is 239 Å². The second-order valence-corrected chi connectivity index (χ2v) is 12.2. The lowest BCUT2D eigenvalue weighted by Crippen LogP contribution is -2.32. The van der Waals surface area contributed by atoms with E-state index in [1.807, 2.05) is 19.0 Å². The smallest absolute Gasteiger partial charge is 0.307 e. The second-order valence-electron chi connectivity index (χ2n) is 9.83. The molecule has 3 N–H and O–H groups in total. The summed E-state index contributed by atoms with van der Waals surface area (Å²) in [6.07, 6.45) is 1.74. The van der Waals surface area contributed by atoms with Gasteiger partial charge in [-0.2, -0.15) is 0 Å². The Bertz CT molecular complexity index is 1550. The van der Waals surface area contributed by atoms with Gasteiger partial charge in [-0.05, 0) is 74.6 Å². The van der Waals surface area contributed by atoms with Gasteiger partial charge in [0.2, 0.25) is 10.0 Å². The van der Waals surface area contributed by atoms with E-state index in [-0.39, 0.29) is 12.3 Å². The van der Waals surface area contributed by atoms with E-state index >= 15 is 0 Å². The van der Waals surface area contributed by atoms with Crippen molar-refractivity contribution in [2.45, 2.75) is 12.8 Å². The SMILES string of the molecule is CN(C)CCCN(c1ccc(NC(=C2C(=O)Nc3cc(Cl)ccc32)c2ccc(CC(=O)O)cc2)cc1)S(C)(=O)=O. The number of halogens is 1. The van der Waals surface area contributed by atoms with Crippen molar-refractivity contribution in [3.63, 3.8) is 0 Å². The molecule has 40 heavy (non-hydrogen) atoms. The third kappa shape index (κ3) is 7.01. The minimum absolute atomic E-state index is 0.117. The van der Waals surface area contributed by atoms with Gasteiger partial charge in [-0.25, -0.2) is 8.42 Å². The molecule has 1 heterocycles. The van der Waals surface area contributed by atoms with E-state index < -0.39 is 16.0 Å². The Kier molecular flexibility index (Phi) is 8.82. The molecule has 0 aliphatic carbocycles. The highest BCUT2D eigenvalue weighted by Gasteiger charge is 2.29. The number of benzene rings is 3. The highest BCUT2D eigenvalue weighted by Crippen LogP contribution is 2.39. The molecule has 0 atom stereocenters. The van der Waals surface area contributed by atoms with Gasteiger partial charge < -0.3 is 20.6 Å². The van der Waals surface area contributed by atoms with Crippen LogP contribution in [0, 0.1) is 0 Å². The highest BCUT2D eigenvalue weighted by molar-refractivity contribution is 7.92.